The predicted octanol–water partition coefficient (Wildman–Crippen LogP) is 3.79. The molecule has 2 aromatic rings. The van der Waals surface area contributed by atoms with Crippen molar-refractivity contribution in [1.29, 1.82) is 0 Å². The molecule has 25 heavy (non-hydrogen) atoms. The van der Waals surface area contributed by atoms with E-state index in [0.717, 1.165) is 28.4 Å². The Labute approximate surface area is 156 Å². The van der Waals surface area contributed by atoms with Gasteiger partial charge in [-0.25, -0.2) is 0 Å². The van der Waals surface area contributed by atoms with E-state index in [1.165, 1.54) is 0 Å². The van der Waals surface area contributed by atoms with Crippen LogP contribution in [-0.4, -0.2) is 35.8 Å². The lowest BCUT2D eigenvalue weighted by Crippen LogP contribution is -2.46. The van der Waals surface area contributed by atoms with Gasteiger partial charge in [0, 0.05) is 34.7 Å². The van der Waals surface area contributed by atoms with E-state index in [2.05, 4.69) is 21.2 Å². The third-order valence-corrected chi connectivity index (χ3v) is 5.02. The zero-order valence-electron chi connectivity index (χ0n) is 14.2. The Hall–Kier alpha value is -2.14. The van der Waals surface area contributed by atoms with Crippen LogP contribution in [0.3, 0.4) is 0 Å². The highest BCUT2D eigenvalue weighted by Gasteiger charge is 2.24. The molecule has 0 radical (unpaired) electrons. The molecule has 0 atom stereocenters. The average Bonchev–Trinajstić information content (AvgIpc) is 2.62. The summed E-state index contributed by atoms with van der Waals surface area (Å²) in [7, 11) is 0. The molecule has 1 fully saturated rings. The van der Waals surface area contributed by atoms with E-state index in [1.807, 2.05) is 48.2 Å². The van der Waals surface area contributed by atoms with Crippen molar-refractivity contribution in [3.8, 4) is 0 Å². The number of nitrogens with one attached hydrogen (secondary N) is 1. The minimum Gasteiger partial charge on any atom is -0.349 e. The standard InChI is InChI=1S/C20H21BrN2O2/c1-14-3-2-4-16(13-14)20(25)23-11-9-18(10-12-23)22-19(24)15-5-7-17(21)8-6-15/h2-8,13,18H,9-12H2,1H3,(H,22,24). The molecule has 1 heterocycles. The quantitative estimate of drug-likeness (QED) is 0.851. The minimum absolute atomic E-state index is 0.0593. The Morgan fingerprint density at radius 2 is 1.72 bits per heavy atom. The number of likely N-dealkylation sites (tertiary alicyclic amines) is 1. The average molecular weight is 401 g/mol. The second kappa shape index (κ2) is 7.83. The van der Waals surface area contributed by atoms with Crippen molar-refractivity contribution >= 4 is 27.7 Å². The molecular formula is C20H21BrN2O2. The number of carbonyl (C=O) groups excluding carboxylic acids is 2. The lowest BCUT2D eigenvalue weighted by molar-refractivity contribution is 0.0698. The molecule has 2 aromatic carbocycles. The van der Waals surface area contributed by atoms with Crippen molar-refractivity contribution in [2.24, 2.45) is 0 Å². The number of hydrogen-bond donors (Lipinski definition) is 1. The van der Waals surface area contributed by atoms with Gasteiger partial charge in [-0.1, -0.05) is 33.6 Å². The summed E-state index contributed by atoms with van der Waals surface area (Å²) in [5.41, 5.74) is 2.47. The third-order valence-electron chi connectivity index (χ3n) is 4.49. The number of halogens is 1. The SMILES string of the molecule is Cc1cccc(C(=O)N2CCC(NC(=O)c3ccc(Br)cc3)CC2)c1. The summed E-state index contributed by atoms with van der Waals surface area (Å²) in [6.07, 6.45) is 1.56. The smallest absolute Gasteiger partial charge is 0.253 e. The van der Waals surface area contributed by atoms with Crippen LogP contribution in [-0.2, 0) is 0 Å². The highest BCUT2D eigenvalue weighted by molar-refractivity contribution is 9.10. The number of nitrogens with zero attached hydrogens (tertiary/aromatic N) is 1. The van der Waals surface area contributed by atoms with Crippen LogP contribution in [0.5, 0.6) is 0 Å². The number of benzene rings is 2. The molecule has 0 bridgehead atoms. The van der Waals surface area contributed by atoms with Gasteiger partial charge < -0.3 is 10.2 Å². The third kappa shape index (κ3) is 4.48. The maximum Gasteiger partial charge on any atom is 0.253 e. The second-order valence-corrected chi connectivity index (χ2v) is 7.33. The summed E-state index contributed by atoms with van der Waals surface area (Å²) in [6, 6.07) is 15.1. The molecule has 0 unspecified atom stereocenters. The van der Waals surface area contributed by atoms with Crippen molar-refractivity contribution < 1.29 is 9.59 Å². The first kappa shape index (κ1) is 17.7. The number of hydrogen-bond acceptors (Lipinski definition) is 2. The van der Waals surface area contributed by atoms with Gasteiger partial charge in [-0.05, 0) is 56.2 Å². The van der Waals surface area contributed by atoms with Crippen LogP contribution < -0.4 is 5.32 Å². The van der Waals surface area contributed by atoms with Crippen molar-refractivity contribution in [2.45, 2.75) is 25.8 Å². The Morgan fingerprint density at radius 1 is 1.04 bits per heavy atom. The monoisotopic (exact) mass is 400 g/mol. The van der Waals surface area contributed by atoms with E-state index in [4.69, 9.17) is 0 Å². The van der Waals surface area contributed by atoms with Crippen LogP contribution in [0.25, 0.3) is 0 Å². The topological polar surface area (TPSA) is 49.4 Å². The van der Waals surface area contributed by atoms with Gasteiger partial charge in [0.15, 0.2) is 0 Å². The van der Waals surface area contributed by atoms with E-state index >= 15 is 0 Å². The summed E-state index contributed by atoms with van der Waals surface area (Å²) in [5, 5.41) is 3.07. The summed E-state index contributed by atoms with van der Waals surface area (Å²) >= 11 is 3.37. The van der Waals surface area contributed by atoms with Crippen LogP contribution in [0.2, 0.25) is 0 Å². The molecule has 2 amide bonds. The van der Waals surface area contributed by atoms with E-state index in [1.54, 1.807) is 12.1 Å². The predicted molar refractivity (Wildman–Crippen MR) is 102 cm³/mol. The molecule has 1 aliphatic heterocycles. The first-order valence-electron chi connectivity index (χ1n) is 8.45. The van der Waals surface area contributed by atoms with Crippen molar-refractivity contribution in [1.82, 2.24) is 10.2 Å². The Kier molecular flexibility index (Phi) is 5.53. The number of carbonyl (C=O) groups is 2. The van der Waals surface area contributed by atoms with Crippen LogP contribution in [0, 0.1) is 6.92 Å². The molecule has 4 nitrogen and oxygen atoms in total. The van der Waals surface area contributed by atoms with Gasteiger partial charge in [-0.3, -0.25) is 9.59 Å². The second-order valence-electron chi connectivity index (χ2n) is 6.42. The van der Waals surface area contributed by atoms with Gasteiger partial charge in [-0.15, -0.1) is 0 Å². The van der Waals surface area contributed by atoms with E-state index in [-0.39, 0.29) is 17.9 Å². The summed E-state index contributed by atoms with van der Waals surface area (Å²) < 4.78 is 0.951. The molecule has 1 saturated heterocycles. The molecule has 0 aromatic heterocycles. The van der Waals surface area contributed by atoms with Gasteiger partial charge in [0.1, 0.15) is 0 Å². The van der Waals surface area contributed by atoms with Crippen molar-refractivity contribution in [3.05, 3.63) is 69.7 Å². The molecule has 5 heteroatoms. The first-order valence-corrected chi connectivity index (χ1v) is 9.24. The molecule has 0 spiro atoms. The van der Waals surface area contributed by atoms with Gasteiger partial charge in [0.05, 0.1) is 0 Å². The summed E-state index contributed by atoms with van der Waals surface area (Å²) in [6.45, 7) is 3.32. The fourth-order valence-corrected chi connectivity index (χ4v) is 3.32. The van der Waals surface area contributed by atoms with E-state index in [0.29, 0.717) is 18.7 Å². The van der Waals surface area contributed by atoms with Crippen LogP contribution in [0.4, 0.5) is 0 Å². The van der Waals surface area contributed by atoms with Gasteiger partial charge in [0.25, 0.3) is 11.8 Å². The Balaban J connectivity index is 1.54. The van der Waals surface area contributed by atoms with Gasteiger partial charge in [-0.2, -0.15) is 0 Å². The van der Waals surface area contributed by atoms with Crippen molar-refractivity contribution in [3.63, 3.8) is 0 Å². The fraction of sp³-hybridized carbons (Fsp3) is 0.300. The molecule has 3 rings (SSSR count). The van der Waals surface area contributed by atoms with E-state index in [9.17, 15) is 9.59 Å². The van der Waals surface area contributed by atoms with Crippen molar-refractivity contribution in [2.75, 3.05) is 13.1 Å². The zero-order valence-corrected chi connectivity index (χ0v) is 15.8. The highest BCUT2D eigenvalue weighted by Crippen LogP contribution is 2.16. The molecule has 130 valence electrons. The maximum absolute atomic E-state index is 12.6. The number of rotatable bonds is 3. The van der Waals surface area contributed by atoms with Crippen LogP contribution in [0.1, 0.15) is 39.1 Å². The Morgan fingerprint density at radius 3 is 2.36 bits per heavy atom. The normalized spacial score (nSPS) is 15.0. The molecule has 0 aliphatic carbocycles. The van der Waals surface area contributed by atoms with E-state index < -0.39 is 0 Å². The van der Waals surface area contributed by atoms with Crippen LogP contribution in [0.15, 0.2) is 53.0 Å². The fourth-order valence-electron chi connectivity index (χ4n) is 3.06. The lowest BCUT2D eigenvalue weighted by Gasteiger charge is -2.32. The lowest BCUT2D eigenvalue weighted by atomic mass is 10.0. The molecule has 1 N–H and O–H groups in total. The minimum atomic E-state index is -0.0593. The zero-order chi connectivity index (χ0) is 17.8. The maximum atomic E-state index is 12.6. The highest BCUT2D eigenvalue weighted by atomic mass is 79.9. The molecular weight excluding hydrogens is 380 g/mol. The summed E-state index contributed by atoms with van der Waals surface area (Å²) in [5.74, 6) is 0.0114. The van der Waals surface area contributed by atoms with Gasteiger partial charge >= 0.3 is 0 Å². The number of piperidine rings is 1. The number of amides is 2. The Bertz CT molecular complexity index is 766. The van der Waals surface area contributed by atoms with Gasteiger partial charge in [0.2, 0.25) is 0 Å². The summed E-state index contributed by atoms with van der Waals surface area (Å²) in [4.78, 5) is 26.7. The first-order chi connectivity index (χ1) is 12.0. The van der Waals surface area contributed by atoms with Crippen LogP contribution >= 0.6 is 15.9 Å². The molecule has 0 saturated carbocycles. The number of aryl methyl sites for hydroxylation is 1. The largest absolute Gasteiger partial charge is 0.349 e. The molecule has 1 aliphatic rings.